The summed E-state index contributed by atoms with van der Waals surface area (Å²) in [7, 11) is 0. The maximum absolute atomic E-state index is 11.9. The lowest BCUT2D eigenvalue weighted by molar-refractivity contribution is -0.164. The predicted molar refractivity (Wildman–Crippen MR) is 86.4 cm³/mol. The summed E-state index contributed by atoms with van der Waals surface area (Å²) in [5.41, 5.74) is 3.88. The van der Waals surface area contributed by atoms with Crippen LogP contribution in [-0.4, -0.2) is 17.1 Å². The lowest BCUT2D eigenvalue weighted by Gasteiger charge is -2.58. The summed E-state index contributed by atoms with van der Waals surface area (Å²) in [6, 6.07) is 9.29. The van der Waals surface area contributed by atoms with Crippen molar-refractivity contribution in [2.24, 2.45) is 23.2 Å². The molecule has 0 radical (unpaired) electrons. The Morgan fingerprint density at radius 2 is 1.70 bits per heavy atom. The fourth-order valence-electron chi connectivity index (χ4n) is 5.75. The molecule has 0 heterocycles. The van der Waals surface area contributed by atoms with Gasteiger partial charge in [-0.25, -0.2) is 0 Å². The fourth-order valence-corrected chi connectivity index (χ4v) is 5.75. The quantitative estimate of drug-likeness (QED) is 0.790. The first-order valence-electron chi connectivity index (χ1n) is 8.79. The van der Waals surface area contributed by atoms with Crippen molar-refractivity contribution in [3.63, 3.8) is 0 Å². The molecule has 1 atom stereocenters. The van der Waals surface area contributed by atoms with Gasteiger partial charge < -0.3 is 5.11 Å². The molecule has 4 nitrogen and oxygen atoms in total. The van der Waals surface area contributed by atoms with Gasteiger partial charge in [0.15, 0.2) is 0 Å². The first-order valence-corrected chi connectivity index (χ1v) is 8.79. The Labute approximate surface area is 137 Å². The molecule has 4 bridgehead atoms. The van der Waals surface area contributed by atoms with Crippen molar-refractivity contribution in [3.05, 3.63) is 35.9 Å². The minimum atomic E-state index is -0.764. The molecular weight excluding hydrogens is 290 g/mol. The summed E-state index contributed by atoms with van der Waals surface area (Å²) in [4.78, 5) is 17.5. The summed E-state index contributed by atoms with van der Waals surface area (Å²) >= 11 is 0. The van der Waals surface area contributed by atoms with Crippen LogP contribution in [-0.2, 0) is 16.2 Å². The monoisotopic (exact) mass is 315 g/mol. The van der Waals surface area contributed by atoms with E-state index < -0.39 is 12.0 Å². The third-order valence-electron chi connectivity index (χ3n) is 6.23. The summed E-state index contributed by atoms with van der Waals surface area (Å²) in [6.45, 7) is 0.400. The third kappa shape index (κ3) is 2.90. The highest BCUT2D eigenvalue weighted by atomic mass is 16.6. The number of benzene rings is 1. The number of hydroxylamine groups is 1. The number of nitrogens with one attached hydrogen (secondary N) is 1. The molecule has 4 aliphatic carbocycles. The first kappa shape index (κ1) is 15.2. The Morgan fingerprint density at radius 1 is 1.13 bits per heavy atom. The van der Waals surface area contributed by atoms with Crippen molar-refractivity contribution in [1.29, 1.82) is 0 Å². The van der Waals surface area contributed by atoms with E-state index in [-0.39, 0.29) is 5.41 Å². The van der Waals surface area contributed by atoms with E-state index in [9.17, 15) is 9.90 Å². The van der Waals surface area contributed by atoms with Crippen molar-refractivity contribution in [3.8, 4) is 0 Å². The molecule has 124 valence electrons. The normalized spacial score (nSPS) is 36.1. The van der Waals surface area contributed by atoms with Gasteiger partial charge in [-0.3, -0.25) is 9.63 Å². The minimum absolute atomic E-state index is 0.0999. The zero-order chi connectivity index (χ0) is 15.9. The van der Waals surface area contributed by atoms with E-state index in [1.165, 1.54) is 19.3 Å². The van der Waals surface area contributed by atoms with Crippen LogP contribution in [0.4, 0.5) is 0 Å². The maximum atomic E-state index is 11.9. The second kappa shape index (κ2) is 5.91. The van der Waals surface area contributed by atoms with Crippen molar-refractivity contribution in [1.82, 2.24) is 5.48 Å². The van der Waals surface area contributed by atoms with Gasteiger partial charge in [-0.15, -0.1) is 0 Å². The molecule has 0 aliphatic heterocycles. The van der Waals surface area contributed by atoms with E-state index in [1.54, 1.807) is 0 Å². The number of carboxylic acid groups (broad SMARTS) is 1. The number of rotatable bonds is 6. The maximum Gasteiger partial charge on any atom is 0.323 e. The van der Waals surface area contributed by atoms with Crippen LogP contribution < -0.4 is 5.48 Å². The molecule has 4 aliphatic rings. The second-order valence-electron chi connectivity index (χ2n) is 7.94. The van der Waals surface area contributed by atoms with Crippen molar-refractivity contribution in [2.75, 3.05) is 0 Å². The van der Waals surface area contributed by atoms with Crippen molar-refractivity contribution in [2.45, 2.75) is 51.2 Å². The number of aliphatic carboxylic acids is 1. The highest BCUT2D eigenvalue weighted by Crippen LogP contribution is 2.61. The lowest BCUT2D eigenvalue weighted by atomic mass is 9.48. The van der Waals surface area contributed by atoms with E-state index in [2.05, 4.69) is 5.48 Å². The molecule has 5 rings (SSSR count). The average Bonchev–Trinajstić information content (AvgIpc) is 2.50. The molecule has 0 aromatic heterocycles. The van der Waals surface area contributed by atoms with Gasteiger partial charge in [-0.05, 0) is 67.3 Å². The van der Waals surface area contributed by atoms with Gasteiger partial charge in [-0.1, -0.05) is 30.3 Å². The van der Waals surface area contributed by atoms with Crippen LogP contribution in [0.2, 0.25) is 0 Å². The summed E-state index contributed by atoms with van der Waals surface area (Å²) < 4.78 is 0. The van der Waals surface area contributed by atoms with Gasteiger partial charge in [0.2, 0.25) is 0 Å². The zero-order valence-corrected chi connectivity index (χ0v) is 13.4. The molecular formula is C19H25NO3. The van der Waals surface area contributed by atoms with Crippen LogP contribution in [0.1, 0.15) is 44.1 Å². The number of hydrogen-bond acceptors (Lipinski definition) is 3. The Balaban J connectivity index is 1.44. The molecule has 0 amide bonds. The number of carboxylic acids is 1. The molecule has 1 aromatic rings. The fraction of sp³-hybridized carbons (Fsp3) is 0.632. The smallest absolute Gasteiger partial charge is 0.323 e. The molecule has 2 N–H and O–H groups in total. The standard InChI is InChI=1S/C19H25NO3/c21-18(22)17(20-23-12-13-4-2-1-3-5-13)19-9-14-6-15(10-19)8-16(7-14)11-19/h1-5,14-17,20H,6-12H2,(H,21,22)/t14?,15?,16?,17-,19?/m1/s1. The van der Waals surface area contributed by atoms with Crippen molar-refractivity contribution < 1.29 is 14.7 Å². The van der Waals surface area contributed by atoms with Gasteiger partial charge in [0.1, 0.15) is 6.04 Å². The number of hydrogen-bond donors (Lipinski definition) is 2. The van der Waals surface area contributed by atoms with Crippen LogP contribution in [0, 0.1) is 23.2 Å². The van der Waals surface area contributed by atoms with E-state index in [0.717, 1.165) is 42.6 Å². The Bertz CT molecular complexity index is 536. The molecule has 23 heavy (non-hydrogen) atoms. The Morgan fingerprint density at radius 3 is 2.22 bits per heavy atom. The molecule has 1 aromatic carbocycles. The van der Waals surface area contributed by atoms with E-state index in [1.807, 2.05) is 30.3 Å². The molecule has 0 saturated heterocycles. The van der Waals surface area contributed by atoms with Crippen LogP contribution in [0.3, 0.4) is 0 Å². The van der Waals surface area contributed by atoms with Crippen LogP contribution >= 0.6 is 0 Å². The van der Waals surface area contributed by atoms with Crippen LogP contribution in [0.25, 0.3) is 0 Å². The molecule has 0 unspecified atom stereocenters. The van der Waals surface area contributed by atoms with Gasteiger partial charge >= 0.3 is 5.97 Å². The summed E-state index contributed by atoms with van der Waals surface area (Å²) in [5.74, 6) is 1.44. The topological polar surface area (TPSA) is 58.6 Å². The molecule has 4 saturated carbocycles. The highest BCUT2D eigenvalue weighted by molar-refractivity contribution is 5.74. The largest absolute Gasteiger partial charge is 0.480 e. The summed E-state index contributed by atoms with van der Waals surface area (Å²) in [6.07, 6.45) is 7.11. The van der Waals surface area contributed by atoms with Crippen LogP contribution in [0.5, 0.6) is 0 Å². The number of carbonyl (C=O) groups is 1. The molecule has 0 spiro atoms. The minimum Gasteiger partial charge on any atom is -0.480 e. The first-order chi connectivity index (χ1) is 11.1. The van der Waals surface area contributed by atoms with E-state index in [4.69, 9.17) is 4.84 Å². The second-order valence-corrected chi connectivity index (χ2v) is 7.94. The zero-order valence-electron chi connectivity index (χ0n) is 13.4. The van der Waals surface area contributed by atoms with Gasteiger partial charge in [0.25, 0.3) is 0 Å². The van der Waals surface area contributed by atoms with E-state index >= 15 is 0 Å². The van der Waals surface area contributed by atoms with Gasteiger partial charge in [-0.2, -0.15) is 5.48 Å². The van der Waals surface area contributed by atoms with Crippen molar-refractivity contribution >= 4 is 5.97 Å². The Kier molecular flexibility index (Phi) is 3.90. The van der Waals surface area contributed by atoms with Gasteiger partial charge in [0, 0.05) is 0 Å². The van der Waals surface area contributed by atoms with Gasteiger partial charge in [0.05, 0.1) is 6.61 Å². The average molecular weight is 315 g/mol. The Hall–Kier alpha value is -1.39. The van der Waals surface area contributed by atoms with E-state index in [0.29, 0.717) is 6.61 Å². The van der Waals surface area contributed by atoms with Crippen LogP contribution in [0.15, 0.2) is 30.3 Å². The molecule has 4 fully saturated rings. The predicted octanol–water partition coefficient (Wildman–Crippen LogP) is 3.38. The SMILES string of the molecule is O=C(O)[C@@H](NOCc1ccccc1)C12CC3CC(CC(C3)C1)C2. The summed E-state index contributed by atoms with van der Waals surface area (Å²) in [5, 5.41) is 9.79. The highest BCUT2D eigenvalue weighted by Gasteiger charge is 2.56. The lowest BCUT2D eigenvalue weighted by Crippen LogP contribution is -2.58. The molecule has 4 heteroatoms. The third-order valence-corrected chi connectivity index (χ3v) is 6.23.